The van der Waals surface area contributed by atoms with Gasteiger partial charge in [-0.2, -0.15) is 0 Å². The average Bonchev–Trinajstić information content (AvgIpc) is 3.90. The van der Waals surface area contributed by atoms with Crippen LogP contribution in [-0.4, -0.2) is 0 Å². The molecule has 0 fully saturated rings. The van der Waals surface area contributed by atoms with Gasteiger partial charge >= 0.3 is 0 Å². The third-order valence-corrected chi connectivity index (χ3v) is 14.8. The highest BCUT2D eigenvalue weighted by molar-refractivity contribution is 7.27. The van der Waals surface area contributed by atoms with Crippen LogP contribution in [-0.2, 0) is 0 Å². The van der Waals surface area contributed by atoms with Crippen LogP contribution in [0.25, 0.3) is 81.4 Å². The summed E-state index contributed by atoms with van der Waals surface area (Å²) in [6.45, 7) is 0. The van der Waals surface area contributed by atoms with Crippen molar-refractivity contribution in [1.29, 1.82) is 0 Å². The Balaban J connectivity index is 0.990. The number of benzene rings is 3. The van der Waals surface area contributed by atoms with E-state index in [1.54, 1.807) is 22.7 Å². The van der Waals surface area contributed by atoms with Crippen LogP contribution in [0.2, 0.25) is 0 Å². The zero-order chi connectivity index (χ0) is 29.0. The van der Waals surface area contributed by atoms with Gasteiger partial charge < -0.3 is 0 Å². The van der Waals surface area contributed by atoms with Gasteiger partial charge in [0.05, 0.1) is 0 Å². The lowest BCUT2D eigenvalue weighted by atomic mass is 9.99. The molecule has 0 aliphatic heterocycles. The molecule has 3 aromatic carbocycles. The van der Waals surface area contributed by atoms with E-state index in [0.29, 0.717) is 0 Å². The summed E-state index contributed by atoms with van der Waals surface area (Å²) in [5, 5.41) is 9.42. The molecule has 44 heavy (non-hydrogen) atoms. The zero-order valence-corrected chi connectivity index (χ0v) is 28.1. The van der Waals surface area contributed by atoms with Crippen LogP contribution in [0.15, 0.2) is 132 Å². The second kappa shape index (κ2) is 11.1. The first kappa shape index (κ1) is 26.8. The predicted octanol–water partition coefficient (Wildman–Crippen LogP) is 14.4. The van der Waals surface area contributed by atoms with Gasteiger partial charge in [0.1, 0.15) is 0 Å². The Bertz CT molecular complexity index is 2220. The molecule has 0 amide bonds. The minimum absolute atomic E-state index is 1.28. The third-order valence-electron chi connectivity index (χ3n) is 7.80. The van der Waals surface area contributed by atoms with E-state index < -0.39 is 0 Å². The number of thiophene rings is 6. The van der Waals surface area contributed by atoms with Crippen molar-refractivity contribution >= 4 is 89.6 Å². The Labute approximate surface area is 279 Å². The predicted molar refractivity (Wildman–Crippen MR) is 201 cm³/mol. The van der Waals surface area contributed by atoms with E-state index in [1.165, 1.54) is 81.4 Å². The minimum Gasteiger partial charge on any atom is -0.143 e. The summed E-state index contributed by atoms with van der Waals surface area (Å²) < 4.78 is 0. The lowest BCUT2D eigenvalue weighted by molar-refractivity contribution is 1.74. The first-order chi connectivity index (χ1) is 21.7. The van der Waals surface area contributed by atoms with Crippen LogP contribution in [0.5, 0.6) is 0 Å². The summed E-state index contributed by atoms with van der Waals surface area (Å²) >= 11 is 11.1. The Morgan fingerprint density at radius 1 is 0.273 bits per heavy atom. The second-order valence-electron chi connectivity index (χ2n) is 10.6. The van der Waals surface area contributed by atoms with Crippen LogP contribution in [0.1, 0.15) is 0 Å². The smallest absolute Gasteiger partial charge is 0.0449 e. The monoisotopic (exact) mass is 670 g/mol. The maximum atomic E-state index is 2.35. The summed E-state index contributed by atoms with van der Waals surface area (Å²) in [6.07, 6.45) is 0. The molecular weight excluding hydrogens is 649 g/mol. The van der Waals surface area contributed by atoms with E-state index in [-0.39, 0.29) is 0 Å². The van der Waals surface area contributed by atoms with Gasteiger partial charge in [0.25, 0.3) is 0 Å². The molecule has 6 aromatic heterocycles. The van der Waals surface area contributed by atoms with Crippen molar-refractivity contribution in [3.05, 3.63) is 132 Å². The van der Waals surface area contributed by atoms with Crippen molar-refractivity contribution < 1.29 is 0 Å². The SMILES string of the molecule is c1csc(-c2ccc(-c3ccc(-c4ccc5cc6cc(-c7ccc(-c8ccc(-c9cccs9)s8)s7)ccc6cc5c4)s3)s2)c1. The molecule has 9 rings (SSSR count). The van der Waals surface area contributed by atoms with Crippen LogP contribution >= 0.6 is 68.0 Å². The molecule has 0 unspecified atom stereocenters. The molecule has 0 N–H and O–H groups in total. The van der Waals surface area contributed by atoms with Gasteiger partial charge in [-0.3, -0.25) is 0 Å². The molecule has 0 spiro atoms. The van der Waals surface area contributed by atoms with Gasteiger partial charge in [0.15, 0.2) is 0 Å². The molecule has 210 valence electrons. The molecule has 0 bridgehead atoms. The summed E-state index contributed by atoms with van der Waals surface area (Å²) in [7, 11) is 0. The topological polar surface area (TPSA) is 0 Å². The largest absolute Gasteiger partial charge is 0.143 e. The third kappa shape index (κ3) is 4.92. The highest BCUT2D eigenvalue weighted by Crippen LogP contribution is 2.43. The van der Waals surface area contributed by atoms with Gasteiger partial charge in [-0.05, 0) is 128 Å². The van der Waals surface area contributed by atoms with Gasteiger partial charge in [0.2, 0.25) is 0 Å². The Morgan fingerprint density at radius 2 is 0.636 bits per heavy atom. The highest BCUT2D eigenvalue weighted by Gasteiger charge is 2.12. The van der Waals surface area contributed by atoms with Crippen LogP contribution in [0.3, 0.4) is 0 Å². The standard InChI is InChI=1S/C38H22S6/c1-3-31(39-17-1)33-13-15-37(43-33)35-11-9-29(41-35)25-7-5-23-20-28-22-26(8-6-24(28)19-27(23)21-25)30-10-12-36(42-30)38-16-14-34(44-38)32-4-2-18-40-32/h1-22H. The summed E-state index contributed by atoms with van der Waals surface area (Å²) in [6, 6.07) is 45.2. The van der Waals surface area contributed by atoms with Crippen molar-refractivity contribution in [3.8, 4) is 59.9 Å². The molecule has 6 heterocycles. The van der Waals surface area contributed by atoms with Crippen LogP contribution < -0.4 is 0 Å². The van der Waals surface area contributed by atoms with Crippen LogP contribution in [0.4, 0.5) is 0 Å². The van der Waals surface area contributed by atoms with Crippen molar-refractivity contribution in [3.63, 3.8) is 0 Å². The quantitative estimate of drug-likeness (QED) is 0.154. The minimum atomic E-state index is 1.28. The fourth-order valence-corrected chi connectivity index (χ4v) is 11.5. The van der Waals surface area contributed by atoms with E-state index >= 15 is 0 Å². The average molecular weight is 671 g/mol. The molecular formula is C38H22S6. The maximum Gasteiger partial charge on any atom is 0.0449 e. The maximum absolute atomic E-state index is 2.35. The number of hydrogen-bond acceptors (Lipinski definition) is 6. The second-order valence-corrected chi connectivity index (χ2v) is 16.8. The lowest BCUT2D eigenvalue weighted by Gasteiger charge is -2.07. The van der Waals surface area contributed by atoms with Gasteiger partial charge in [0, 0.05) is 48.8 Å². The van der Waals surface area contributed by atoms with E-state index in [9.17, 15) is 0 Å². The molecule has 0 saturated heterocycles. The number of fused-ring (bicyclic) bond motifs is 2. The summed E-state index contributed by atoms with van der Waals surface area (Å²) in [5.41, 5.74) is 2.56. The summed E-state index contributed by atoms with van der Waals surface area (Å²) in [4.78, 5) is 13.3. The van der Waals surface area contributed by atoms with Gasteiger partial charge in [-0.1, -0.05) is 36.4 Å². The normalized spacial score (nSPS) is 11.6. The first-order valence-electron chi connectivity index (χ1n) is 14.2. The first-order valence-corrected chi connectivity index (χ1v) is 19.2. The fourth-order valence-electron chi connectivity index (χ4n) is 5.60. The molecule has 6 heteroatoms. The molecule has 0 radical (unpaired) electrons. The van der Waals surface area contributed by atoms with E-state index in [1.807, 2.05) is 45.3 Å². The molecule has 0 aliphatic rings. The highest BCUT2D eigenvalue weighted by atomic mass is 32.1. The van der Waals surface area contributed by atoms with Crippen molar-refractivity contribution in [1.82, 2.24) is 0 Å². The van der Waals surface area contributed by atoms with Crippen molar-refractivity contribution in [2.45, 2.75) is 0 Å². The Hall–Kier alpha value is -3.62. The molecule has 0 aliphatic carbocycles. The van der Waals surface area contributed by atoms with E-state index in [2.05, 4.69) is 132 Å². The Morgan fingerprint density at radius 3 is 1.02 bits per heavy atom. The molecule has 0 saturated carbocycles. The van der Waals surface area contributed by atoms with Gasteiger partial charge in [-0.15, -0.1) is 68.0 Å². The Kier molecular flexibility index (Phi) is 6.73. The molecule has 0 atom stereocenters. The number of rotatable bonds is 6. The lowest BCUT2D eigenvalue weighted by Crippen LogP contribution is -1.80. The van der Waals surface area contributed by atoms with E-state index in [4.69, 9.17) is 0 Å². The number of hydrogen-bond donors (Lipinski definition) is 0. The van der Waals surface area contributed by atoms with Crippen molar-refractivity contribution in [2.75, 3.05) is 0 Å². The van der Waals surface area contributed by atoms with E-state index in [0.717, 1.165) is 0 Å². The summed E-state index contributed by atoms with van der Waals surface area (Å²) in [5.74, 6) is 0. The van der Waals surface area contributed by atoms with Gasteiger partial charge in [-0.25, -0.2) is 0 Å². The van der Waals surface area contributed by atoms with Crippen LogP contribution in [0, 0.1) is 0 Å². The molecule has 9 aromatic rings. The van der Waals surface area contributed by atoms with Crippen molar-refractivity contribution in [2.24, 2.45) is 0 Å². The fraction of sp³-hybridized carbons (Fsp3) is 0. The zero-order valence-electron chi connectivity index (χ0n) is 23.2. The molecule has 0 nitrogen and oxygen atoms in total.